The summed E-state index contributed by atoms with van der Waals surface area (Å²) in [6.45, 7) is 1.95. The highest BCUT2D eigenvalue weighted by atomic mass is 35.5. The van der Waals surface area contributed by atoms with Crippen LogP contribution in [0.3, 0.4) is 0 Å². The monoisotopic (exact) mass is 508 g/mol. The summed E-state index contributed by atoms with van der Waals surface area (Å²) in [4.78, 5) is 29.5. The number of hydrogen-bond acceptors (Lipinski definition) is 8. The molecule has 2 aromatic carbocycles. The van der Waals surface area contributed by atoms with Crippen molar-refractivity contribution in [2.75, 3.05) is 17.7 Å². The number of carbonyl (C=O) groups is 1. The average molecular weight is 509 g/mol. The van der Waals surface area contributed by atoms with Gasteiger partial charge in [0.15, 0.2) is 5.82 Å². The highest BCUT2D eigenvalue weighted by molar-refractivity contribution is 6.32. The Bertz CT molecular complexity index is 1370. The molecule has 0 atom stereocenters. The Balaban J connectivity index is 0.00000361. The van der Waals surface area contributed by atoms with E-state index in [0.717, 1.165) is 0 Å². The van der Waals surface area contributed by atoms with Crippen LogP contribution in [-0.2, 0) is 6.42 Å². The van der Waals surface area contributed by atoms with Gasteiger partial charge in [-0.15, -0.1) is 0 Å². The number of ether oxygens (including phenoxy) is 2. The summed E-state index contributed by atoms with van der Waals surface area (Å²) in [5.41, 5.74) is 1.37. The van der Waals surface area contributed by atoms with Gasteiger partial charge in [-0.1, -0.05) is 26.0 Å². The van der Waals surface area contributed by atoms with Crippen LogP contribution in [0.1, 0.15) is 20.2 Å². The van der Waals surface area contributed by atoms with Crippen molar-refractivity contribution in [3.8, 4) is 34.5 Å². The molecule has 4 aromatic rings. The van der Waals surface area contributed by atoms with Crippen LogP contribution in [0.25, 0.3) is 11.4 Å². The minimum Gasteiger partial charge on any atom is -0.508 e. The van der Waals surface area contributed by atoms with Crippen molar-refractivity contribution in [3.05, 3.63) is 71.9 Å². The van der Waals surface area contributed by atoms with Gasteiger partial charge in [0.25, 0.3) is 0 Å². The molecule has 0 unspecified atom stereocenters. The van der Waals surface area contributed by atoms with Gasteiger partial charge in [0.05, 0.1) is 17.7 Å². The molecule has 3 N–H and O–H groups in total. The summed E-state index contributed by atoms with van der Waals surface area (Å²) >= 11 is 6.41. The number of methoxy groups -OCH3 is 1. The molecule has 2 amide bonds. The van der Waals surface area contributed by atoms with Gasteiger partial charge in [0, 0.05) is 42.2 Å². The van der Waals surface area contributed by atoms with E-state index in [-0.39, 0.29) is 24.1 Å². The number of aromatic hydroxyl groups is 1. The van der Waals surface area contributed by atoms with Crippen molar-refractivity contribution in [2.45, 2.75) is 20.8 Å². The average Bonchev–Trinajstić information content (AvgIpc) is 2.85. The maximum Gasteiger partial charge on any atom is 0.323 e. The molecule has 0 bridgehead atoms. The van der Waals surface area contributed by atoms with Gasteiger partial charge in [-0.25, -0.2) is 24.7 Å². The summed E-state index contributed by atoms with van der Waals surface area (Å²) in [5.74, 6) is 2.07. The van der Waals surface area contributed by atoms with E-state index < -0.39 is 6.03 Å². The Morgan fingerprint density at radius 1 is 1.06 bits per heavy atom. The van der Waals surface area contributed by atoms with Gasteiger partial charge in [-0.3, -0.25) is 0 Å². The molecule has 0 aliphatic carbocycles. The van der Waals surface area contributed by atoms with E-state index in [1.165, 1.54) is 25.6 Å². The summed E-state index contributed by atoms with van der Waals surface area (Å²) < 4.78 is 11.0. The third kappa shape index (κ3) is 6.36. The van der Waals surface area contributed by atoms with Crippen LogP contribution in [0, 0.1) is 0 Å². The molecule has 2 heterocycles. The largest absolute Gasteiger partial charge is 0.508 e. The van der Waals surface area contributed by atoms with E-state index in [1.54, 1.807) is 42.6 Å². The van der Waals surface area contributed by atoms with Crippen LogP contribution >= 0.6 is 11.6 Å². The maximum atomic E-state index is 12.4. The van der Waals surface area contributed by atoms with Gasteiger partial charge in [0.2, 0.25) is 5.88 Å². The molecular formula is C25H25ClN6O4. The minimum atomic E-state index is -0.532. The first-order valence-corrected chi connectivity index (χ1v) is 10.9. The van der Waals surface area contributed by atoms with Crippen molar-refractivity contribution in [1.82, 2.24) is 19.9 Å². The Morgan fingerprint density at radius 3 is 2.61 bits per heavy atom. The summed E-state index contributed by atoms with van der Waals surface area (Å²) in [6.07, 6.45) is 3.70. The van der Waals surface area contributed by atoms with Crippen molar-refractivity contribution >= 4 is 29.0 Å². The molecule has 4 rings (SSSR count). The Morgan fingerprint density at radius 2 is 1.86 bits per heavy atom. The number of carbonyl (C=O) groups excluding carboxylic acids is 1. The van der Waals surface area contributed by atoms with Gasteiger partial charge in [-0.05, 0) is 30.3 Å². The van der Waals surface area contributed by atoms with Gasteiger partial charge in [0.1, 0.15) is 29.4 Å². The van der Waals surface area contributed by atoms with Crippen LogP contribution in [0.15, 0.2) is 61.1 Å². The number of aryl methyl sites for hydroxylation is 1. The quantitative estimate of drug-likeness (QED) is 0.279. The highest BCUT2D eigenvalue weighted by Gasteiger charge is 2.14. The van der Waals surface area contributed by atoms with Crippen LogP contribution in [0.5, 0.6) is 23.1 Å². The SMILES string of the molecule is C.CCc1ncnc(-c2cccnc2Oc2ccc(NC(=O)Nc3cc(O)cc(OC)c3)cc2Cl)n1. The topological polar surface area (TPSA) is 131 Å². The third-order valence-corrected chi connectivity index (χ3v) is 5.03. The van der Waals surface area contributed by atoms with E-state index in [2.05, 4.69) is 30.6 Å². The number of amides is 2. The van der Waals surface area contributed by atoms with Crippen LogP contribution in [0.4, 0.5) is 16.2 Å². The first kappa shape index (κ1) is 26.2. The number of urea groups is 1. The molecule has 10 nitrogen and oxygen atoms in total. The number of rotatable bonds is 7. The van der Waals surface area contributed by atoms with E-state index in [1.807, 2.05) is 6.92 Å². The second-order valence-electron chi connectivity index (χ2n) is 7.18. The Labute approximate surface area is 213 Å². The lowest BCUT2D eigenvalue weighted by Gasteiger charge is -2.13. The summed E-state index contributed by atoms with van der Waals surface area (Å²) in [7, 11) is 1.46. The normalized spacial score (nSPS) is 10.2. The van der Waals surface area contributed by atoms with Crippen molar-refractivity contribution in [1.29, 1.82) is 0 Å². The van der Waals surface area contributed by atoms with Gasteiger partial charge in [-0.2, -0.15) is 0 Å². The highest BCUT2D eigenvalue weighted by Crippen LogP contribution is 2.34. The predicted octanol–water partition coefficient (Wildman–Crippen LogP) is 5.94. The van der Waals surface area contributed by atoms with E-state index >= 15 is 0 Å². The number of anilines is 2. The first-order valence-electron chi connectivity index (χ1n) is 10.5. The number of hydrogen-bond donors (Lipinski definition) is 3. The predicted molar refractivity (Wildman–Crippen MR) is 138 cm³/mol. The molecule has 186 valence electrons. The van der Waals surface area contributed by atoms with Crippen LogP contribution < -0.4 is 20.1 Å². The first-order chi connectivity index (χ1) is 16.9. The van der Waals surface area contributed by atoms with Gasteiger partial charge >= 0.3 is 6.03 Å². The van der Waals surface area contributed by atoms with Gasteiger partial charge < -0.3 is 25.2 Å². The number of phenolic OH excluding ortho intramolecular Hbond substituents is 1. The number of benzene rings is 2. The molecule has 0 aliphatic rings. The second-order valence-corrected chi connectivity index (χ2v) is 7.59. The fourth-order valence-electron chi connectivity index (χ4n) is 3.10. The number of halogens is 1. The number of phenols is 1. The lowest BCUT2D eigenvalue weighted by Crippen LogP contribution is -2.19. The van der Waals surface area contributed by atoms with Crippen LogP contribution in [0.2, 0.25) is 5.02 Å². The second kappa shape index (κ2) is 11.8. The molecule has 0 fully saturated rings. The summed E-state index contributed by atoms with van der Waals surface area (Å²) in [5, 5.41) is 15.3. The smallest absolute Gasteiger partial charge is 0.323 e. The fourth-order valence-corrected chi connectivity index (χ4v) is 3.32. The lowest BCUT2D eigenvalue weighted by molar-refractivity contribution is 0.262. The van der Waals surface area contributed by atoms with Crippen molar-refractivity contribution in [3.63, 3.8) is 0 Å². The minimum absolute atomic E-state index is 0. The number of nitrogens with one attached hydrogen (secondary N) is 2. The van der Waals surface area contributed by atoms with E-state index in [0.29, 0.717) is 46.5 Å². The number of nitrogens with zero attached hydrogens (tertiary/aromatic N) is 4. The molecule has 0 aliphatic heterocycles. The standard InChI is InChI=1S/C24H21ClN6O4.CH4/c1-3-21-27-13-28-22(31-21)18-5-4-8-26-23(18)35-20-7-6-14(11-19(20)25)29-24(33)30-15-9-16(32)12-17(10-15)34-2;/h4-13,32H,3H2,1-2H3,(H2,29,30,33);1H4. The summed E-state index contributed by atoms with van der Waals surface area (Å²) in [6, 6.07) is 12.2. The molecule has 0 saturated carbocycles. The zero-order valence-corrected chi connectivity index (χ0v) is 19.6. The maximum absolute atomic E-state index is 12.4. The van der Waals surface area contributed by atoms with E-state index in [4.69, 9.17) is 21.1 Å². The van der Waals surface area contributed by atoms with Crippen molar-refractivity contribution in [2.24, 2.45) is 0 Å². The zero-order chi connectivity index (χ0) is 24.8. The van der Waals surface area contributed by atoms with Crippen LogP contribution in [-0.4, -0.2) is 38.2 Å². The number of aromatic nitrogens is 4. The molecule has 36 heavy (non-hydrogen) atoms. The molecule has 2 aromatic heterocycles. The Kier molecular flexibility index (Phi) is 8.58. The molecular weight excluding hydrogens is 484 g/mol. The molecule has 0 radical (unpaired) electrons. The molecule has 0 spiro atoms. The zero-order valence-electron chi connectivity index (χ0n) is 18.8. The van der Waals surface area contributed by atoms with Crippen molar-refractivity contribution < 1.29 is 19.4 Å². The number of pyridine rings is 1. The van der Waals surface area contributed by atoms with E-state index in [9.17, 15) is 9.90 Å². The lowest BCUT2D eigenvalue weighted by atomic mass is 10.2. The third-order valence-electron chi connectivity index (χ3n) is 4.73. The fraction of sp³-hybridized carbons (Fsp3) is 0.160. The molecule has 0 saturated heterocycles. The Hall–Kier alpha value is -4.44. The molecule has 11 heteroatoms.